The van der Waals surface area contributed by atoms with E-state index in [0.29, 0.717) is 0 Å². The van der Waals surface area contributed by atoms with Gasteiger partial charge in [0, 0.05) is 22.2 Å². The lowest BCUT2D eigenvalue weighted by molar-refractivity contribution is 0.709. The molecule has 0 aromatic carbocycles. The van der Waals surface area contributed by atoms with Crippen LogP contribution >= 0.6 is 0 Å². The summed E-state index contributed by atoms with van der Waals surface area (Å²) in [6, 6.07) is 0. The summed E-state index contributed by atoms with van der Waals surface area (Å²) in [7, 11) is 0. The van der Waals surface area contributed by atoms with Gasteiger partial charge < -0.3 is 4.98 Å². The first-order valence-electron chi connectivity index (χ1n) is 6.70. The Kier molecular flexibility index (Phi) is 0.558. The van der Waals surface area contributed by atoms with Crippen LogP contribution in [-0.4, -0.2) is 19.1 Å². The van der Waals surface area contributed by atoms with Gasteiger partial charge in [-0.3, -0.25) is 13.9 Å². The molecule has 0 aliphatic carbocycles. The minimum Gasteiger partial charge on any atom is -0.339 e. The van der Waals surface area contributed by atoms with Crippen LogP contribution in [0, 0.1) is 0 Å². The van der Waals surface area contributed by atoms with Crippen LogP contribution in [-0.2, 0) is 14.0 Å². The molecule has 0 aliphatic heterocycles. The molecule has 6 heteroatoms. The maximum Gasteiger partial charge on any atom is 0.332 e. The molecule has 13 heavy (non-hydrogen) atoms. The molecule has 0 saturated heterocycles. The van der Waals surface area contributed by atoms with Crippen LogP contribution in [0.1, 0.15) is 9.60 Å². The minimum absolute atomic E-state index is 0.102. The molecule has 0 atom stereocenters. The van der Waals surface area contributed by atoms with E-state index >= 15 is 0 Å². The number of fused-ring (bicyclic) bond motifs is 1. The van der Waals surface area contributed by atoms with E-state index < -0.39 is 42.7 Å². The second kappa shape index (κ2) is 2.32. The quantitative estimate of drug-likeness (QED) is 0.572. The largest absolute Gasteiger partial charge is 0.339 e. The summed E-state index contributed by atoms with van der Waals surface area (Å²) >= 11 is 0. The van der Waals surface area contributed by atoms with Crippen molar-refractivity contribution < 1.29 is 9.60 Å². The Morgan fingerprint density at radius 2 is 2.31 bits per heavy atom. The summed E-state index contributed by atoms with van der Waals surface area (Å²) in [5.41, 5.74) is -3.89. The molecule has 0 saturated carbocycles. The summed E-state index contributed by atoms with van der Waals surface area (Å²) < 4.78 is 50.5. The fourth-order valence-corrected chi connectivity index (χ4v) is 0.949. The van der Waals surface area contributed by atoms with Gasteiger partial charge in [0.2, 0.25) is 0 Å². The predicted molar refractivity (Wildman–Crippen MR) is 46.6 cm³/mol. The van der Waals surface area contributed by atoms with E-state index in [1.807, 2.05) is 0 Å². The summed E-state index contributed by atoms with van der Waals surface area (Å²) in [4.78, 5) is 29.5. The van der Waals surface area contributed by atoms with E-state index in [-0.39, 0.29) is 9.13 Å². The third kappa shape index (κ3) is 0.851. The predicted octanol–water partition coefficient (Wildman–Crippen LogP) is -1.04. The van der Waals surface area contributed by atoms with Crippen molar-refractivity contribution in [3.63, 3.8) is 0 Å². The molecule has 2 aromatic rings. The van der Waals surface area contributed by atoms with E-state index in [1.165, 1.54) is 0 Å². The van der Waals surface area contributed by atoms with Gasteiger partial charge in [-0.2, -0.15) is 0 Å². The number of aromatic amines is 1. The summed E-state index contributed by atoms with van der Waals surface area (Å²) in [5.74, 6) is 0. The van der Waals surface area contributed by atoms with Gasteiger partial charge in [0.15, 0.2) is 5.65 Å². The van der Waals surface area contributed by atoms with Crippen molar-refractivity contribution in [3.05, 3.63) is 27.1 Å². The van der Waals surface area contributed by atoms with Crippen LogP contribution in [0.2, 0.25) is 0 Å². The Morgan fingerprint density at radius 1 is 1.54 bits per heavy atom. The first-order chi connectivity index (χ1) is 8.94. The molecule has 0 radical (unpaired) electrons. The third-order valence-corrected chi connectivity index (χ3v) is 1.58. The molecule has 2 aromatic heterocycles. The molecule has 6 nitrogen and oxygen atoms in total. The molecular weight excluding hydrogens is 172 g/mol. The van der Waals surface area contributed by atoms with E-state index in [0.717, 1.165) is 0 Å². The molecule has 0 spiro atoms. The van der Waals surface area contributed by atoms with Crippen molar-refractivity contribution in [2.75, 3.05) is 0 Å². The Balaban J connectivity index is 3.14. The Labute approximate surface area is 82.3 Å². The second-order valence-corrected chi connectivity index (χ2v) is 2.31. The molecule has 1 N–H and O–H groups in total. The van der Waals surface area contributed by atoms with Crippen molar-refractivity contribution in [2.45, 2.75) is 0 Å². The molecule has 0 amide bonds. The first kappa shape index (κ1) is 3.13. The van der Waals surface area contributed by atoms with Crippen LogP contribution < -0.4 is 11.2 Å². The summed E-state index contributed by atoms with van der Waals surface area (Å²) in [6.45, 7) is -6.19. The van der Waals surface area contributed by atoms with Gasteiger partial charge in [-0.15, -0.1) is 0 Å². The van der Waals surface area contributed by atoms with E-state index in [4.69, 9.17) is 9.60 Å². The third-order valence-electron chi connectivity index (χ3n) is 1.58. The minimum atomic E-state index is -3.15. The van der Waals surface area contributed by atoms with Gasteiger partial charge in [-0.1, -0.05) is 0 Å². The number of nitrogens with one attached hydrogen (secondary N) is 1. The number of H-pyrrole nitrogens is 1. The van der Waals surface area contributed by atoms with Crippen LogP contribution in [0.4, 0.5) is 0 Å². The molecule has 0 bridgehead atoms. The Morgan fingerprint density at radius 3 is 3.00 bits per heavy atom. The van der Waals surface area contributed by atoms with Gasteiger partial charge in [-0.25, -0.2) is 9.78 Å². The Bertz CT molecular complexity index is 793. The topological polar surface area (TPSA) is 72.7 Å². The van der Waals surface area contributed by atoms with Crippen molar-refractivity contribution in [1.82, 2.24) is 19.1 Å². The zero-order chi connectivity index (χ0) is 15.5. The van der Waals surface area contributed by atoms with Crippen molar-refractivity contribution >= 4 is 11.2 Å². The summed E-state index contributed by atoms with van der Waals surface area (Å²) in [5, 5.41) is 0. The number of nitrogens with zero attached hydrogens (tertiary/aromatic N) is 3. The van der Waals surface area contributed by atoms with E-state index in [2.05, 4.69) is 9.97 Å². The van der Waals surface area contributed by atoms with Crippen molar-refractivity contribution in [3.8, 4) is 0 Å². The first-order valence-corrected chi connectivity index (χ1v) is 3.20. The maximum atomic E-state index is 12.0. The SMILES string of the molecule is [2H]c1nc2c([nH]1)c(=O)n(C([2H])([2H])[2H])c(=O)n2C([2H])([2H])[2H]. The highest BCUT2D eigenvalue weighted by Crippen LogP contribution is 1.97. The van der Waals surface area contributed by atoms with Crippen LogP contribution in [0.25, 0.3) is 11.2 Å². The molecule has 2 heterocycles. The summed E-state index contributed by atoms with van der Waals surface area (Å²) in [6.07, 6.45) is -0.558. The lowest BCUT2D eigenvalue weighted by Gasteiger charge is -2.00. The van der Waals surface area contributed by atoms with Crippen LogP contribution in [0.5, 0.6) is 0 Å². The lowest BCUT2D eigenvalue weighted by Crippen LogP contribution is -2.36. The fourth-order valence-electron chi connectivity index (χ4n) is 0.949. The van der Waals surface area contributed by atoms with Gasteiger partial charge in [-0.05, 0) is 0 Å². The Hall–Kier alpha value is -1.85. The molecule has 68 valence electrons. The number of aryl methyl sites for hydroxylation is 1. The highest BCUT2D eigenvalue weighted by atomic mass is 16.2. The highest BCUT2D eigenvalue weighted by Gasteiger charge is 2.08. The smallest absolute Gasteiger partial charge is 0.332 e. The van der Waals surface area contributed by atoms with Crippen LogP contribution in [0.15, 0.2) is 15.9 Å². The number of aromatic nitrogens is 4. The average molecular weight is 187 g/mol. The monoisotopic (exact) mass is 187 g/mol. The van der Waals surface area contributed by atoms with Gasteiger partial charge >= 0.3 is 5.69 Å². The lowest BCUT2D eigenvalue weighted by atomic mass is 10.5. The normalized spacial score (nSPS) is 20.8. The van der Waals surface area contributed by atoms with Crippen molar-refractivity contribution in [1.29, 1.82) is 0 Å². The average Bonchev–Trinajstić information content (AvgIpc) is 2.55. The molecule has 2 rings (SSSR count). The number of imidazole rings is 1. The molecule has 0 aliphatic rings. The molecule has 0 unspecified atom stereocenters. The zero-order valence-electron chi connectivity index (χ0n) is 13.2. The van der Waals surface area contributed by atoms with Gasteiger partial charge in [0.1, 0.15) is 6.89 Å². The standard InChI is InChI=1S/C7H8N4O2/c1-10-5-4(8-3-9-5)6(12)11(2)7(10)13/h3H,1-2H3,(H,8,9)/i1D3,2D3,3D. The van der Waals surface area contributed by atoms with Gasteiger partial charge in [0.25, 0.3) is 5.56 Å². The van der Waals surface area contributed by atoms with Crippen LogP contribution in [0.3, 0.4) is 0 Å². The molecule has 0 fully saturated rings. The van der Waals surface area contributed by atoms with Crippen molar-refractivity contribution in [2.24, 2.45) is 14.0 Å². The van der Waals surface area contributed by atoms with E-state index in [1.54, 1.807) is 0 Å². The number of hydrogen-bond acceptors (Lipinski definition) is 3. The highest BCUT2D eigenvalue weighted by molar-refractivity contribution is 5.68. The molecular formula is C7H8N4O2. The maximum absolute atomic E-state index is 12.0. The zero-order valence-corrected chi connectivity index (χ0v) is 6.16. The number of rotatable bonds is 0. The fraction of sp³-hybridized carbons (Fsp3) is 0.286. The van der Waals surface area contributed by atoms with Gasteiger partial charge in [0.05, 0.1) is 6.30 Å². The second-order valence-electron chi connectivity index (χ2n) is 2.31. The number of hydrogen-bond donors (Lipinski definition) is 1. The van der Waals surface area contributed by atoms with E-state index in [9.17, 15) is 9.59 Å².